The minimum absolute atomic E-state index is 0.305. The molecule has 1 atom stereocenters. The Morgan fingerprint density at radius 1 is 1.38 bits per heavy atom. The summed E-state index contributed by atoms with van der Waals surface area (Å²) in [6.45, 7) is 5.05. The van der Waals surface area contributed by atoms with Gasteiger partial charge in [-0.2, -0.15) is 5.10 Å². The van der Waals surface area contributed by atoms with Gasteiger partial charge in [0, 0.05) is 18.3 Å². The van der Waals surface area contributed by atoms with Crippen molar-refractivity contribution < 1.29 is 9.13 Å². The van der Waals surface area contributed by atoms with Crippen molar-refractivity contribution in [2.24, 2.45) is 5.73 Å². The third-order valence-electron chi connectivity index (χ3n) is 3.46. The normalized spacial score (nSPS) is 12.4. The number of nitrogens with two attached hydrogens (primary N) is 1. The molecule has 0 fully saturated rings. The summed E-state index contributed by atoms with van der Waals surface area (Å²) < 4.78 is 21.0. The van der Waals surface area contributed by atoms with E-state index in [-0.39, 0.29) is 5.82 Å². The van der Waals surface area contributed by atoms with Crippen molar-refractivity contribution in [3.63, 3.8) is 0 Å². The van der Waals surface area contributed by atoms with E-state index in [0.717, 1.165) is 17.7 Å². The highest BCUT2D eigenvalue weighted by Gasteiger charge is 2.06. The molecule has 2 aromatic rings. The van der Waals surface area contributed by atoms with Gasteiger partial charge in [0.05, 0.1) is 5.69 Å². The molecule has 1 heterocycles. The summed E-state index contributed by atoms with van der Waals surface area (Å²) in [6, 6.07) is 6.97. The number of hydrogen-bond donors (Lipinski definition) is 1. The van der Waals surface area contributed by atoms with E-state index in [1.807, 2.05) is 23.0 Å². The van der Waals surface area contributed by atoms with Crippen molar-refractivity contribution in [1.82, 2.24) is 9.78 Å². The second kappa shape index (κ2) is 7.22. The second-order valence-electron chi connectivity index (χ2n) is 5.17. The number of benzene rings is 1. The third kappa shape index (κ3) is 4.29. The molecule has 0 aliphatic heterocycles. The average molecular weight is 291 g/mol. The Kier molecular flexibility index (Phi) is 5.33. The summed E-state index contributed by atoms with van der Waals surface area (Å²) in [7, 11) is 0. The Morgan fingerprint density at radius 2 is 2.19 bits per heavy atom. The lowest BCUT2D eigenvalue weighted by Crippen LogP contribution is -2.06. The molecule has 0 bridgehead atoms. The molecule has 4 nitrogen and oxygen atoms in total. The van der Waals surface area contributed by atoms with Gasteiger partial charge in [-0.15, -0.1) is 0 Å². The van der Waals surface area contributed by atoms with Crippen LogP contribution in [0.5, 0.6) is 5.75 Å². The SMILES string of the molecule is CCC(C)n1ccc(COc2cc(F)cc(CCN)c2)n1. The van der Waals surface area contributed by atoms with Gasteiger partial charge in [0.2, 0.25) is 0 Å². The molecule has 0 radical (unpaired) electrons. The molecule has 2 rings (SSSR count). The summed E-state index contributed by atoms with van der Waals surface area (Å²) >= 11 is 0. The van der Waals surface area contributed by atoms with Gasteiger partial charge in [0.25, 0.3) is 0 Å². The number of rotatable bonds is 7. The van der Waals surface area contributed by atoms with Crippen molar-refractivity contribution in [2.75, 3.05) is 6.54 Å². The summed E-state index contributed by atoms with van der Waals surface area (Å²) in [5, 5.41) is 4.46. The minimum Gasteiger partial charge on any atom is -0.487 e. The predicted molar refractivity (Wildman–Crippen MR) is 80.7 cm³/mol. The number of halogens is 1. The highest BCUT2D eigenvalue weighted by molar-refractivity contribution is 5.30. The van der Waals surface area contributed by atoms with E-state index in [0.29, 0.717) is 31.4 Å². The van der Waals surface area contributed by atoms with Gasteiger partial charge >= 0.3 is 0 Å². The topological polar surface area (TPSA) is 53.1 Å². The maximum Gasteiger partial charge on any atom is 0.132 e. The summed E-state index contributed by atoms with van der Waals surface area (Å²) in [4.78, 5) is 0. The molecule has 1 unspecified atom stereocenters. The monoisotopic (exact) mass is 291 g/mol. The maximum atomic E-state index is 13.5. The van der Waals surface area contributed by atoms with E-state index in [4.69, 9.17) is 10.5 Å². The Bertz CT molecular complexity index is 583. The van der Waals surface area contributed by atoms with Crippen molar-refractivity contribution in [1.29, 1.82) is 0 Å². The maximum absolute atomic E-state index is 13.5. The van der Waals surface area contributed by atoms with E-state index in [2.05, 4.69) is 18.9 Å². The van der Waals surface area contributed by atoms with Gasteiger partial charge in [0.1, 0.15) is 18.2 Å². The van der Waals surface area contributed by atoms with E-state index in [1.54, 1.807) is 0 Å². The van der Waals surface area contributed by atoms with E-state index in [9.17, 15) is 4.39 Å². The molecular weight excluding hydrogens is 269 g/mol. The molecule has 0 aliphatic rings. The van der Waals surface area contributed by atoms with Crippen LogP contribution in [0.4, 0.5) is 4.39 Å². The van der Waals surface area contributed by atoms with E-state index >= 15 is 0 Å². The first kappa shape index (κ1) is 15.5. The van der Waals surface area contributed by atoms with E-state index < -0.39 is 0 Å². The van der Waals surface area contributed by atoms with Crippen molar-refractivity contribution in [2.45, 2.75) is 39.3 Å². The van der Waals surface area contributed by atoms with Crippen LogP contribution in [0.15, 0.2) is 30.5 Å². The summed E-state index contributed by atoms with van der Waals surface area (Å²) in [6.07, 6.45) is 3.60. The smallest absolute Gasteiger partial charge is 0.132 e. The molecule has 2 N–H and O–H groups in total. The fourth-order valence-corrected chi connectivity index (χ4v) is 2.06. The number of nitrogens with zero attached hydrogens (tertiary/aromatic N) is 2. The van der Waals surface area contributed by atoms with Gasteiger partial charge in [-0.1, -0.05) is 6.92 Å². The largest absolute Gasteiger partial charge is 0.487 e. The Morgan fingerprint density at radius 3 is 2.90 bits per heavy atom. The van der Waals surface area contributed by atoms with Crippen LogP contribution in [0.25, 0.3) is 0 Å². The summed E-state index contributed by atoms with van der Waals surface area (Å²) in [5.41, 5.74) is 7.17. The highest BCUT2D eigenvalue weighted by Crippen LogP contribution is 2.18. The molecule has 0 amide bonds. The van der Waals surface area contributed by atoms with Gasteiger partial charge in [0.15, 0.2) is 0 Å². The zero-order valence-corrected chi connectivity index (χ0v) is 12.6. The zero-order valence-electron chi connectivity index (χ0n) is 12.6. The lowest BCUT2D eigenvalue weighted by atomic mass is 10.1. The van der Waals surface area contributed by atoms with Crippen LogP contribution in [0.2, 0.25) is 0 Å². The summed E-state index contributed by atoms with van der Waals surface area (Å²) in [5.74, 6) is 0.206. The van der Waals surface area contributed by atoms with E-state index in [1.165, 1.54) is 12.1 Å². The second-order valence-corrected chi connectivity index (χ2v) is 5.17. The van der Waals surface area contributed by atoms with Crippen LogP contribution in [0.3, 0.4) is 0 Å². The lowest BCUT2D eigenvalue weighted by Gasteiger charge is -2.09. The lowest BCUT2D eigenvalue weighted by molar-refractivity contribution is 0.296. The molecular formula is C16H22FN3O. The fourth-order valence-electron chi connectivity index (χ4n) is 2.06. The molecule has 0 saturated carbocycles. The van der Waals surface area contributed by atoms with Crippen LogP contribution < -0.4 is 10.5 Å². The molecule has 0 spiro atoms. The van der Waals surface area contributed by atoms with Crippen molar-refractivity contribution >= 4 is 0 Å². The third-order valence-corrected chi connectivity index (χ3v) is 3.46. The minimum atomic E-state index is -0.305. The molecule has 114 valence electrons. The first-order chi connectivity index (χ1) is 10.1. The standard InChI is InChI=1S/C16H22FN3O/c1-3-12(2)20-7-5-15(19-20)11-21-16-9-13(4-6-18)8-14(17)10-16/h5,7-10,12H,3-4,6,11,18H2,1-2H3. The Balaban J connectivity index is 2.00. The van der Waals surface area contributed by atoms with Crippen molar-refractivity contribution in [3.8, 4) is 5.75 Å². The molecule has 0 aliphatic carbocycles. The first-order valence-corrected chi connectivity index (χ1v) is 7.28. The number of ether oxygens (including phenoxy) is 1. The Hall–Kier alpha value is -1.88. The molecule has 1 aromatic carbocycles. The van der Waals surface area contributed by atoms with Crippen LogP contribution in [-0.4, -0.2) is 16.3 Å². The van der Waals surface area contributed by atoms with Gasteiger partial charge in [-0.3, -0.25) is 4.68 Å². The van der Waals surface area contributed by atoms with Gasteiger partial charge in [-0.25, -0.2) is 4.39 Å². The van der Waals surface area contributed by atoms with Gasteiger partial charge in [-0.05, 0) is 50.1 Å². The van der Waals surface area contributed by atoms with Crippen LogP contribution >= 0.6 is 0 Å². The number of hydrogen-bond acceptors (Lipinski definition) is 3. The molecule has 1 aromatic heterocycles. The van der Waals surface area contributed by atoms with Gasteiger partial charge < -0.3 is 10.5 Å². The van der Waals surface area contributed by atoms with Crippen LogP contribution in [-0.2, 0) is 13.0 Å². The molecule has 5 heteroatoms. The Labute approximate surface area is 124 Å². The highest BCUT2D eigenvalue weighted by atomic mass is 19.1. The van der Waals surface area contributed by atoms with Crippen LogP contribution in [0, 0.1) is 5.82 Å². The average Bonchev–Trinajstić information content (AvgIpc) is 2.93. The molecule has 21 heavy (non-hydrogen) atoms. The number of aromatic nitrogens is 2. The van der Waals surface area contributed by atoms with Crippen molar-refractivity contribution in [3.05, 3.63) is 47.5 Å². The first-order valence-electron chi connectivity index (χ1n) is 7.28. The zero-order chi connectivity index (χ0) is 15.2. The van der Waals surface area contributed by atoms with Crippen LogP contribution in [0.1, 0.15) is 37.6 Å². The quantitative estimate of drug-likeness (QED) is 0.853. The predicted octanol–water partition coefficient (Wildman–Crippen LogP) is 3.07. The fraction of sp³-hybridized carbons (Fsp3) is 0.438. The molecule has 0 saturated heterocycles.